The number of aromatic nitrogens is 4. The summed E-state index contributed by atoms with van der Waals surface area (Å²) < 4.78 is 40.5. The predicted octanol–water partition coefficient (Wildman–Crippen LogP) is 5.67. The highest BCUT2D eigenvalue weighted by atomic mass is 32.2. The van der Waals surface area contributed by atoms with Crippen LogP contribution in [0.15, 0.2) is 36.8 Å². The highest BCUT2D eigenvalue weighted by Gasteiger charge is 2.32. The molecule has 2 aliphatic rings. The molecule has 7 rings (SSSR count). The van der Waals surface area contributed by atoms with Crippen LogP contribution in [0.1, 0.15) is 48.7 Å². The number of thiophene rings is 2. The van der Waals surface area contributed by atoms with Gasteiger partial charge in [-0.3, -0.25) is 4.90 Å². The molecule has 0 aromatic carbocycles. The first-order valence-electron chi connectivity index (χ1n) is 14.4. The van der Waals surface area contributed by atoms with Crippen LogP contribution < -0.4 is 5.32 Å². The zero-order chi connectivity index (χ0) is 29.9. The van der Waals surface area contributed by atoms with E-state index in [1.165, 1.54) is 11.3 Å². The molecule has 11 nitrogen and oxygen atoms in total. The van der Waals surface area contributed by atoms with Gasteiger partial charge in [0, 0.05) is 61.7 Å². The quantitative estimate of drug-likeness (QED) is 0.215. The van der Waals surface area contributed by atoms with E-state index < -0.39 is 10.0 Å². The van der Waals surface area contributed by atoms with Gasteiger partial charge in [-0.15, -0.1) is 22.7 Å². The number of fused-ring (bicyclic) bond motifs is 1. The van der Waals surface area contributed by atoms with Crippen molar-refractivity contribution in [3.63, 3.8) is 0 Å². The molecule has 0 unspecified atom stereocenters. The molecule has 226 valence electrons. The number of nitrogens with one attached hydrogen (secondary N) is 1. The van der Waals surface area contributed by atoms with Crippen molar-refractivity contribution < 1.29 is 17.5 Å². The fourth-order valence-electron chi connectivity index (χ4n) is 5.62. The number of rotatable bonds is 9. The molecule has 0 radical (unpaired) electrons. The smallest absolute Gasteiger partial charge is 0.252 e. The number of sulfonamides is 1. The van der Waals surface area contributed by atoms with Crippen molar-refractivity contribution in [2.24, 2.45) is 0 Å². The molecule has 1 N–H and O–H groups in total. The molecule has 1 atom stereocenters. The summed E-state index contributed by atoms with van der Waals surface area (Å²) in [6, 6.07) is 5.35. The Kier molecular flexibility index (Phi) is 7.37. The molecule has 43 heavy (non-hydrogen) atoms. The third-order valence-corrected chi connectivity index (χ3v) is 12.4. The molecule has 0 amide bonds. The highest BCUT2D eigenvalue weighted by molar-refractivity contribution is 7.91. The fraction of sp³-hybridized carbons (Fsp3) is 0.448. The summed E-state index contributed by atoms with van der Waals surface area (Å²) in [6.07, 6.45) is 2.23. The van der Waals surface area contributed by atoms with Crippen LogP contribution in [-0.4, -0.2) is 76.7 Å². The minimum absolute atomic E-state index is 0.100. The molecular formula is C29H33N7O4S3. The molecule has 1 aliphatic heterocycles. The topological polar surface area (TPSA) is 130 Å². The minimum atomic E-state index is -3.58. The van der Waals surface area contributed by atoms with E-state index in [9.17, 15) is 8.42 Å². The average molecular weight is 640 g/mol. The number of hydrogen-bond acceptors (Lipinski definition) is 12. The lowest BCUT2D eigenvalue weighted by Crippen LogP contribution is -2.50. The largest absolute Gasteiger partial charge is 0.365 e. The number of anilines is 1. The van der Waals surface area contributed by atoms with Crippen molar-refractivity contribution >= 4 is 48.7 Å². The first kappa shape index (κ1) is 28.6. The van der Waals surface area contributed by atoms with E-state index in [1.807, 2.05) is 26.8 Å². The maximum absolute atomic E-state index is 13.4. The Labute approximate surface area is 257 Å². The number of hydrogen-bond donors (Lipinski definition) is 1. The zero-order valence-electron chi connectivity index (χ0n) is 24.5. The van der Waals surface area contributed by atoms with Gasteiger partial charge >= 0.3 is 0 Å². The van der Waals surface area contributed by atoms with Gasteiger partial charge in [0.05, 0.1) is 32.0 Å². The van der Waals surface area contributed by atoms with Crippen LogP contribution in [0.25, 0.3) is 32.0 Å². The van der Waals surface area contributed by atoms with Gasteiger partial charge in [-0.05, 0) is 52.7 Å². The van der Waals surface area contributed by atoms with Crippen LogP contribution in [0.3, 0.4) is 0 Å². The van der Waals surface area contributed by atoms with Gasteiger partial charge in [-0.2, -0.15) is 4.31 Å². The summed E-state index contributed by atoms with van der Waals surface area (Å²) in [5.41, 5.74) is 4.61. The van der Waals surface area contributed by atoms with Crippen molar-refractivity contribution in [2.45, 2.75) is 56.7 Å². The van der Waals surface area contributed by atoms with E-state index in [4.69, 9.17) is 19.0 Å². The summed E-state index contributed by atoms with van der Waals surface area (Å²) in [7, 11) is -3.58. The van der Waals surface area contributed by atoms with Crippen molar-refractivity contribution in [3.05, 3.63) is 46.6 Å². The van der Waals surface area contributed by atoms with Crippen LogP contribution in [0.4, 0.5) is 5.82 Å². The monoisotopic (exact) mass is 639 g/mol. The Morgan fingerprint density at radius 2 is 1.86 bits per heavy atom. The minimum Gasteiger partial charge on any atom is -0.365 e. The normalized spacial score (nSPS) is 17.6. The SMILES string of the molecule is Cc1cc(-c2ccc(S(=O)(=O)N3CCN(C[C@H](C)Nc4nc(C5CC5)nc5c(-c6c(C)noc6C)csc45)CC3)s2)on1. The molecule has 1 saturated heterocycles. The molecule has 2 fully saturated rings. The molecule has 6 heterocycles. The lowest BCUT2D eigenvalue weighted by atomic mass is 10.1. The summed E-state index contributed by atoms with van der Waals surface area (Å²) in [6.45, 7) is 10.9. The Balaban J connectivity index is 1.03. The lowest BCUT2D eigenvalue weighted by molar-refractivity contribution is 0.184. The Morgan fingerprint density at radius 1 is 1.07 bits per heavy atom. The number of nitrogens with zero attached hydrogens (tertiary/aromatic N) is 6. The maximum Gasteiger partial charge on any atom is 0.252 e. The van der Waals surface area contributed by atoms with E-state index in [1.54, 1.807) is 27.8 Å². The summed E-state index contributed by atoms with van der Waals surface area (Å²) in [4.78, 5) is 13.0. The van der Waals surface area contributed by atoms with Gasteiger partial charge in [0.1, 0.15) is 21.6 Å². The molecule has 0 spiro atoms. The van der Waals surface area contributed by atoms with Crippen LogP contribution in [-0.2, 0) is 10.0 Å². The summed E-state index contributed by atoms with van der Waals surface area (Å²) in [5, 5.41) is 13.9. The molecule has 1 saturated carbocycles. The highest BCUT2D eigenvalue weighted by Crippen LogP contribution is 2.43. The molecule has 5 aromatic heterocycles. The third kappa shape index (κ3) is 5.50. The predicted molar refractivity (Wildman–Crippen MR) is 167 cm³/mol. The first-order chi connectivity index (χ1) is 20.7. The van der Waals surface area contributed by atoms with Crippen LogP contribution in [0, 0.1) is 20.8 Å². The van der Waals surface area contributed by atoms with Gasteiger partial charge in [-0.25, -0.2) is 18.4 Å². The van der Waals surface area contributed by atoms with Crippen molar-refractivity contribution in [2.75, 3.05) is 38.0 Å². The summed E-state index contributed by atoms with van der Waals surface area (Å²) in [5.74, 6) is 3.54. The van der Waals surface area contributed by atoms with E-state index >= 15 is 0 Å². The second-order valence-corrected chi connectivity index (χ2v) is 15.6. The molecule has 1 aliphatic carbocycles. The number of aryl methyl sites for hydroxylation is 3. The third-order valence-electron chi connectivity index (χ3n) is 7.97. The molecule has 5 aromatic rings. The zero-order valence-corrected chi connectivity index (χ0v) is 26.9. The van der Waals surface area contributed by atoms with Gasteiger partial charge in [-0.1, -0.05) is 10.3 Å². The number of piperazine rings is 1. The standard InChI is InChI=1S/C29H33N7O4S3/c1-16-13-22(40-33-16)23-7-8-24(42-23)43(37,38)36-11-9-35(10-12-36)14-17(2)30-29-27-26(31-28(32-29)20-5-6-20)21(15-41-27)25-18(3)34-39-19(25)4/h7-8,13,15,17,20H,5-6,9-12,14H2,1-4H3,(H,30,31,32)/t17-/m0/s1. The van der Waals surface area contributed by atoms with E-state index in [0.29, 0.717) is 42.1 Å². The Morgan fingerprint density at radius 3 is 2.53 bits per heavy atom. The van der Waals surface area contributed by atoms with Gasteiger partial charge in [0.25, 0.3) is 10.0 Å². The molecule has 0 bridgehead atoms. The fourth-order valence-corrected chi connectivity index (χ4v) is 9.40. The van der Waals surface area contributed by atoms with Crippen LogP contribution in [0.2, 0.25) is 0 Å². The van der Waals surface area contributed by atoms with Crippen LogP contribution in [0.5, 0.6) is 0 Å². The van der Waals surface area contributed by atoms with E-state index in [-0.39, 0.29) is 6.04 Å². The van der Waals surface area contributed by atoms with Gasteiger partial charge < -0.3 is 14.4 Å². The maximum atomic E-state index is 13.4. The molecule has 14 heteroatoms. The van der Waals surface area contributed by atoms with Crippen LogP contribution >= 0.6 is 22.7 Å². The lowest BCUT2D eigenvalue weighted by Gasteiger charge is -2.35. The Bertz CT molecular complexity index is 1880. The van der Waals surface area contributed by atoms with Crippen molar-refractivity contribution in [1.82, 2.24) is 29.5 Å². The second kappa shape index (κ2) is 11.1. The Hall–Kier alpha value is -3.17. The van der Waals surface area contributed by atoms with Crippen molar-refractivity contribution in [1.29, 1.82) is 0 Å². The average Bonchev–Trinajstić information content (AvgIpc) is 3.28. The van der Waals surface area contributed by atoms with E-state index in [0.717, 1.165) is 74.4 Å². The van der Waals surface area contributed by atoms with E-state index in [2.05, 4.69) is 32.8 Å². The second-order valence-electron chi connectivity index (χ2n) is 11.4. The van der Waals surface area contributed by atoms with Gasteiger partial charge in [0.2, 0.25) is 0 Å². The van der Waals surface area contributed by atoms with Crippen molar-refractivity contribution in [3.8, 4) is 21.8 Å². The van der Waals surface area contributed by atoms with Gasteiger partial charge in [0.15, 0.2) is 5.76 Å². The molecular weight excluding hydrogens is 607 g/mol. The summed E-state index contributed by atoms with van der Waals surface area (Å²) >= 11 is 2.85. The first-order valence-corrected chi connectivity index (χ1v) is 17.6.